The standard InChI is InChI=1S/C26H21FN2O5/c1-16-5-3-4-6-21(16)29-25(31)20(24(30)28-26(29)32)13-18-9-12-22(23(14-18)33-2)34-15-17-7-10-19(27)11-8-17/h3-14H,15H2,1-2H3,(H,28,30,32)/b20-13+. The van der Waals surface area contributed by atoms with E-state index in [4.69, 9.17) is 9.47 Å². The zero-order valence-corrected chi connectivity index (χ0v) is 18.5. The van der Waals surface area contributed by atoms with Gasteiger partial charge in [-0.3, -0.25) is 14.9 Å². The van der Waals surface area contributed by atoms with Gasteiger partial charge in [0.05, 0.1) is 12.8 Å². The van der Waals surface area contributed by atoms with Crippen molar-refractivity contribution in [1.82, 2.24) is 5.32 Å². The summed E-state index contributed by atoms with van der Waals surface area (Å²) in [6.07, 6.45) is 1.39. The number of hydrogen-bond donors (Lipinski definition) is 1. The van der Waals surface area contributed by atoms with E-state index in [0.717, 1.165) is 10.5 Å². The van der Waals surface area contributed by atoms with Crippen LogP contribution in [0.4, 0.5) is 14.9 Å². The number of para-hydroxylation sites is 1. The highest BCUT2D eigenvalue weighted by Crippen LogP contribution is 2.31. The van der Waals surface area contributed by atoms with E-state index in [1.165, 1.54) is 25.3 Å². The Morgan fingerprint density at radius 3 is 2.41 bits per heavy atom. The number of barbiturate groups is 1. The highest BCUT2D eigenvalue weighted by molar-refractivity contribution is 6.39. The first-order chi connectivity index (χ1) is 16.4. The Kier molecular flexibility index (Phi) is 6.40. The van der Waals surface area contributed by atoms with Gasteiger partial charge in [-0.1, -0.05) is 36.4 Å². The number of imide groups is 2. The molecular formula is C26H21FN2O5. The number of nitrogens with one attached hydrogen (secondary N) is 1. The summed E-state index contributed by atoms with van der Waals surface area (Å²) in [5.41, 5.74) is 2.20. The van der Waals surface area contributed by atoms with E-state index in [2.05, 4.69) is 5.32 Å². The van der Waals surface area contributed by atoms with Crippen molar-refractivity contribution in [3.8, 4) is 11.5 Å². The lowest BCUT2D eigenvalue weighted by atomic mass is 10.1. The van der Waals surface area contributed by atoms with Gasteiger partial charge in [0.1, 0.15) is 18.0 Å². The number of nitrogens with zero attached hydrogens (tertiary/aromatic N) is 1. The summed E-state index contributed by atoms with van der Waals surface area (Å²) in [4.78, 5) is 38.9. The number of anilines is 1. The van der Waals surface area contributed by atoms with Gasteiger partial charge in [0.25, 0.3) is 11.8 Å². The molecule has 1 N–H and O–H groups in total. The zero-order valence-electron chi connectivity index (χ0n) is 18.5. The van der Waals surface area contributed by atoms with Crippen LogP contribution in [0.1, 0.15) is 16.7 Å². The molecule has 4 rings (SSSR count). The molecule has 3 aromatic rings. The SMILES string of the molecule is COc1cc(/C=C2\C(=O)NC(=O)N(c3ccccc3C)C2=O)ccc1OCc1ccc(F)cc1. The molecule has 172 valence electrons. The molecule has 1 aliphatic rings. The Labute approximate surface area is 195 Å². The molecule has 1 fully saturated rings. The molecule has 0 aromatic heterocycles. The third kappa shape index (κ3) is 4.66. The van der Waals surface area contributed by atoms with Gasteiger partial charge in [-0.25, -0.2) is 14.1 Å². The van der Waals surface area contributed by atoms with Crippen LogP contribution in [0.5, 0.6) is 11.5 Å². The third-order valence-electron chi connectivity index (χ3n) is 5.26. The van der Waals surface area contributed by atoms with Gasteiger partial charge in [-0.2, -0.15) is 0 Å². The molecule has 0 unspecified atom stereocenters. The molecule has 3 aromatic carbocycles. The lowest BCUT2D eigenvalue weighted by Crippen LogP contribution is -2.54. The van der Waals surface area contributed by atoms with E-state index < -0.39 is 17.8 Å². The summed E-state index contributed by atoms with van der Waals surface area (Å²) >= 11 is 0. The van der Waals surface area contributed by atoms with Crippen molar-refractivity contribution >= 4 is 29.6 Å². The molecular weight excluding hydrogens is 439 g/mol. The number of ether oxygens (including phenoxy) is 2. The van der Waals surface area contributed by atoms with Gasteiger partial charge >= 0.3 is 6.03 Å². The highest BCUT2D eigenvalue weighted by Gasteiger charge is 2.37. The largest absolute Gasteiger partial charge is 0.493 e. The van der Waals surface area contributed by atoms with Crippen LogP contribution in [0.25, 0.3) is 6.08 Å². The minimum Gasteiger partial charge on any atom is -0.493 e. The number of halogens is 1. The van der Waals surface area contributed by atoms with Gasteiger partial charge < -0.3 is 9.47 Å². The van der Waals surface area contributed by atoms with Crippen LogP contribution in [0.2, 0.25) is 0 Å². The molecule has 34 heavy (non-hydrogen) atoms. The maximum Gasteiger partial charge on any atom is 0.335 e. The Morgan fingerprint density at radius 2 is 1.71 bits per heavy atom. The number of aryl methyl sites for hydroxylation is 1. The fourth-order valence-corrected chi connectivity index (χ4v) is 3.49. The summed E-state index contributed by atoms with van der Waals surface area (Å²) in [6.45, 7) is 1.97. The highest BCUT2D eigenvalue weighted by atomic mass is 19.1. The fourth-order valence-electron chi connectivity index (χ4n) is 3.49. The number of amides is 4. The fraction of sp³-hybridized carbons (Fsp3) is 0.115. The second kappa shape index (κ2) is 9.58. The first-order valence-electron chi connectivity index (χ1n) is 10.4. The van der Waals surface area contributed by atoms with E-state index in [0.29, 0.717) is 28.3 Å². The maximum absolute atomic E-state index is 13.1. The van der Waals surface area contributed by atoms with Gasteiger partial charge in [0.15, 0.2) is 11.5 Å². The summed E-state index contributed by atoms with van der Waals surface area (Å²) in [7, 11) is 1.47. The lowest BCUT2D eigenvalue weighted by Gasteiger charge is -2.27. The number of benzene rings is 3. The van der Waals surface area contributed by atoms with Crippen LogP contribution in [0.15, 0.2) is 72.3 Å². The maximum atomic E-state index is 13.1. The third-order valence-corrected chi connectivity index (χ3v) is 5.26. The van der Waals surface area contributed by atoms with E-state index in [1.54, 1.807) is 61.5 Å². The molecule has 0 spiro atoms. The van der Waals surface area contributed by atoms with Crippen molar-refractivity contribution in [1.29, 1.82) is 0 Å². The number of rotatable bonds is 6. The average Bonchev–Trinajstić information content (AvgIpc) is 2.83. The quantitative estimate of drug-likeness (QED) is 0.436. The van der Waals surface area contributed by atoms with Gasteiger partial charge in [0.2, 0.25) is 0 Å². The average molecular weight is 460 g/mol. The molecule has 1 saturated heterocycles. The Bertz CT molecular complexity index is 1300. The zero-order chi connectivity index (χ0) is 24.2. The summed E-state index contributed by atoms with van der Waals surface area (Å²) < 4.78 is 24.3. The molecule has 0 saturated carbocycles. The normalized spacial score (nSPS) is 14.9. The molecule has 1 aliphatic heterocycles. The topological polar surface area (TPSA) is 84.9 Å². The minimum absolute atomic E-state index is 0.190. The summed E-state index contributed by atoms with van der Waals surface area (Å²) in [6, 6.07) is 17.0. The molecule has 1 heterocycles. The van der Waals surface area contributed by atoms with Crippen LogP contribution in [-0.4, -0.2) is 25.0 Å². The molecule has 0 radical (unpaired) electrons. The molecule has 8 heteroatoms. The first-order valence-corrected chi connectivity index (χ1v) is 10.4. The number of hydrogen-bond acceptors (Lipinski definition) is 5. The van der Waals surface area contributed by atoms with E-state index in [1.807, 2.05) is 0 Å². The van der Waals surface area contributed by atoms with Gasteiger partial charge in [0, 0.05) is 0 Å². The van der Waals surface area contributed by atoms with Crippen molar-refractivity contribution in [3.63, 3.8) is 0 Å². The minimum atomic E-state index is -0.802. The smallest absolute Gasteiger partial charge is 0.335 e. The Morgan fingerprint density at radius 1 is 0.971 bits per heavy atom. The van der Waals surface area contributed by atoms with E-state index >= 15 is 0 Å². The molecule has 4 amide bonds. The van der Waals surface area contributed by atoms with Crippen LogP contribution in [-0.2, 0) is 16.2 Å². The van der Waals surface area contributed by atoms with Crippen molar-refractivity contribution in [3.05, 3.63) is 94.8 Å². The number of urea groups is 1. The molecule has 7 nitrogen and oxygen atoms in total. The Hall–Kier alpha value is -4.46. The molecule has 0 aliphatic carbocycles. The van der Waals surface area contributed by atoms with E-state index in [9.17, 15) is 18.8 Å². The van der Waals surface area contributed by atoms with Gasteiger partial charge in [-0.05, 0) is 60.0 Å². The number of methoxy groups -OCH3 is 1. The predicted molar refractivity (Wildman–Crippen MR) is 124 cm³/mol. The van der Waals surface area contributed by atoms with E-state index in [-0.39, 0.29) is 18.0 Å². The number of carbonyl (C=O) groups is 3. The van der Waals surface area contributed by atoms with Crippen LogP contribution in [0, 0.1) is 12.7 Å². The van der Waals surface area contributed by atoms with Crippen molar-refractivity contribution in [2.75, 3.05) is 12.0 Å². The predicted octanol–water partition coefficient (Wildman–Crippen LogP) is 4.39. The van der Waals surface area contributed by atoms with Crippen LogP contribution >= 0.6 is 0 Å². The van der Waals surface area contributed by atoms with Crippen LogP contribution in [0.3, 0.4) is 0 Å². The monoisotopic (exact) mass is 460 g/mol. The van der Waals surface area contributed by atoms with Crippen molar-refractivity contribution < 1.29 is 28.2 Å². The molecule has 0 bridgehead atoms. The second-order valence-corrected chi connectivity index (χ2v) is 7.57. The van der Waals surface area contributed by atoms with Gasteiger partial charge in [-0.15, -0.1) is 0 Å². The second-order valence-electron chi connectivity index (χ2n) is 7.57. The molecule has 0 atom stereocenters. The van der Waals surface area contributed by atoms with Crippen LogP contribution < -0.4 is 19.7 Å². The lowest BCUT2D eigenvalue weighted by molar-refractivity contribution is -0.122. The van der Waals surface area contributed by atoms with Crippen molar-refractivity contribution in [2.45, 2.75) is 13.5 Å². The van der Waals surface area contributed by atoms with Crippen molar-refractivity contribution in [2.24, 2.45) is 0 Å². The first kappa shape index (κ1) is 22.7. The Balaban J connectivity index is 1.60. The number of carbonyl (C=O) groups excluding carboxylic acids is 3. The summed E-state index contributed by atoms with van der Waals surface area (Å²) in [5.74, 6) is -1.02. The summed E-state index contributed by atoms with van der Waals surface area (Å²) in [5, 5.41) is 2.21.